The van der Waals surface area contributed by atoms with Crippen LogP contribution < -0.4 is 5.43 Å². The molecule has 0 bridgehead atoms. The van der Waals surface area contributed by atoms with E-state index < -0.39 is 17.0 Å². The van der Waals surface area contributed by atoms with Gasteiger partial charge in [0.2, 0.25) is 5.43 Å². The Kier molecular flexibility index (Phi) is 6.21. The van der Waals surface area contributed by atoms with Crippen molar-refractivity contribution in [2.75, 3.05) is 0 Å². The maximum absolute atomic E-state index is 13.2. The highest BCUT2D eigenvalue weighted by Crippen LogP contribution is 2.32. The van der Waals surface area contributed by atoms with Crippen molar-refractivity contribution in [2.45, 2.75) is 33.6 Å². The molecular formula is C25H24O5. The number of benzene rings is 2. The minimum Gasteiger partial charge on any atom is -0.508 e. The van der Waals surface area contributed by atoms with Gasteiger partial charge in [0.1, 0.15) is 33.8 Å². The zero-order valence-corrected chi connectivity index (χ0v) is 17.2. The predicted molar refractivity (Wildman–Crippen MR) is 118 cm³/mol. The van der Waals surface area contributed by atoms with Crippen LogP contribution in [-0.2, 0) is 0 Å². The molecule has 0 aliphatic carbocycles. The highest BCUT2D eigenvalue weighted by Gasteiger charge is 2.23. The van der Waals surface area contributed by atoms with Crippen LogP contribution in [0.3, 0.4) is 0 Å². The van der Waals surface area contributed by atoms with Crippen LogP contribution in [0.5, 0.6) is 11.5 Å². The van der Waals surface area contributed by atoms with E-state index in [2.05, 4.69) is 6.08 Å². The first-order valence-corrected chi connectivity index (χ1v) is 9.71. The Balaban J connectivity index is 2.19. The zero-order valence-electron chi connectivity index (χ0n) is 17.2. The topological polar surface area (TPSA) is 87.7 Å². The number of hydrogen-bond donors (Lipinski definition) is 2. The van der Waals surface area contributed by atoms with E-state index in [0.717, 1.165) is 18.1 Å². The summed E-state index contributed by atoms with van der Waals surface area (Å²) in [6, 6.07) is 11.1. The SMILES string of the molecule is CC(C)=CCC/C(C)=C/C(=O)c1c(-c2ccccc2)oc2cc(O)cc(O)c2c1=O. The molecule has 3 aromatic rings. The summed E-state index contributed by atoms with van der Waals surface area (Å²) in [5.41, 5.74) is 1.83. The van der Waals surface area contributed by atoms with Gasteiger partial charge in [0.15, 0.2) is 5.78 Å². The Morgan fingerprint density at radius 3 is 2.43 bits per heavy atom. The summed E-state index contributed by atoms with van der Waals surface area (Å²) in [5, 5.41) is 19.8. The molecule has 0 aliphatic rings. The van der Waals surface area contributed by atoms with Crippen molar-refractivity contribution in [3.8, 4) is 22.8 Å². The molecule has 2 aromatic carbocycles. The zero-order chi connectivity index (χ0) is 21.8. The highest BCUT2D eigenvalue weighted by atomic mass is 16.3. The summed E-state index contributed by atoms with van der Waals surface area (Å²) >= 11 is 0. The molecule has 1 aromatic heterocycles. The number of hydrogen-bond acceptors (Lipinski definition) is 5. The van der Waals surface area contributed by atoms with Crippen molar-refractivity contribution >= 4 is 16.8 Å². The molecule has 0 atom stereocenters. The molecule has 0 unspecified atom stereocenters. The Morgan fingerprint density at radius 1 is 1.07 bits per heavy atom. The fraction of sp³-hybridized carbons (Fsp3) is 0.200. The van der Waals surface area contributed by atoms with Gasteiger partial charge in [-0.1, -0.05) is 47.6 Å². The van der Waals surface area contributed by atoms with Crippen LogP contribution in [0.1, 0.15) is 44.0 Å². The number of phenolic OH excluding ortho intramolecular Hbond substituents is 2. The lowest BCUT2D eigenvalue weighted by Crippen LogP contribution is -2.16. The van der Waals surface area contributed by atoms with Crippen LogP contribution in [-0.4, -0.2) is 16.0 Å². The lowest BCUT2D eigenvalue weighted by atomic mass is 9.99. The van der Waals surface area contributed by atoms with E-state index in [1.54, 1.807) is 24.3 Å². The number of allylic oxidation sites excluding steroid dienone is 4. The number of rotatable bonds is 6. The average molecular weight is 404 g/mol. The van der Waals surface area contributed by atoms with E-state index in [0.29, 0.717) is 12.0 Å². The van der Waals surface area contributed by atoms with Crippen molar-refractivity contribution < 1.29 is 19.4 Å². The summed E-state index contributed by atoms with van der Waals surface area (Å²) in [6.07, 6.45) is 5.03. The lowest BCUT2D eigenvalue weighted by molar-refractivity contribution is 0.104. The smallest absolute Gasteiger partial charge is 0.208 e. The van der Waals surface area contributed by atoms with Gasteiger partial charge in [-0.05, 0) is 39.7 Å². The first kappa shape index (κ1) is 21.1. The maximum Gasteiger partial charge on any atom is 0.208 e. The molecule has 0 fully saturated rings. The van der Waals surface area contributed by atoms with Crippen LogP contribution in [0.15, 0.2) is 75.0 Å². The predicted octanol–water partition coefficient (Wildman–Crippen LogP) is 5.75. The quantitative estimate of drug-likeness (QED) is 0.310. The fourth-order valence-corrected chi connectivity index (χ4v) is 3.26. The monoisotopic (exact) mass is 404 g/mol. The van der Waals surface area contributed by atoms with E-state index in [-0.39, 0.29) is 28.0 Å². The number of fused-ring (bicyclic) bond motifs is 1. The first-order valence-electron chi connectivity index (χ1n) is 9.71. The maximum atomic E-state index is 13.2. The van der Waals surface area contributed by atoms with Gasteiger partial charge in [-0.2, -0.15) is 0 Å². The van der Waals surface area contributed by atoms with Crippen molar-refractivity contribution in [1.82, 2.24) is 0 Å². The normalized spacial score (nSPS) is 11.5. The van der Waals surface area contributed by atoms with E-state index in [9.17, 15) is 19.8 Å². The largest absolute Gasteiger partial charge is 0.508 e. The van der Waals surface area contributed by atoms with Crippen LogP contribution in [0.4, 0.5) is 0 Å². The molecule has 0 saturated carbocycles. The summed E-state index contributed by atoms with van der Waals surface area (Å²) in [5.74, 6) is -1.05. The standard InChI is InChI=1S/C25H24O5/c1-15(2)8-7-9-16(3)12-19(27)23-24(29)22-20(28)13-18(26)14-21(22)30-25(23)17-10-5-4-6-11-17/h4-6,8,10-14,26,28H,7,9H2,1-3H3/b16-12+. The van der Waals surface area contributed by atoms with Crippen molar-refractivity contribution in [1.29, 1.82) is 0 Å². The second-order valence-electron chi connectivity index (χ2n) is 7.51. The Morgan fingerprint density at radius 2 is 1.77 bits per heavy atom. The first-order chi connectivity index (χ1) is 14.3. The molecule has 0 aliphatic heterocycles. The summed E-state index contributed by atoms with van der Waals surface area (Å²) in [4.78, 5) is 26.3. The van der Waals surface area contributed by atoms with E-state index in [4.69, 9.17) is 4.42 Å². The number of carbonyl (C=O) groups is 1. The second-order valence-corrected chi connectivity index (χ2v) is 7.51. The third kappa shape index (κ3) is 4.51. The third-order valence-corrected chi connectivity index (χ3v) is 4.71. The van der Waals surface area contributed by atoms with E-state index in [1.807, 2.05) is 26.8 Å². The minimum absolute atomic E-state index is 0.0113. The molecule has 0 amide bonds. The molecule has 3 rings (SSSR count). The molecule has 154 valence electrons. The Labute approximate surface area is 174 Å². The summed E-state index contributed by atoms with van der Waals surface area (Å²) in [7, 11) is 0. The van der Waals surface area contributed by atoms with Gasteiger partial charge in [-0.3, -0.25) is 9.59 Å². The van der Waals surface area contributed by atoms with Crippen molar-refractivity contribution in [2.24, 2.45) is 0 Å². The molecular weight excluding hydrogens is 380 g/mol. The Hall–Kier alpha value is -3.60. The number of aromatic hydroxyl groups is 2. The van der Waals surface area contributed by atoms with E-state index >= 15 is 0 Å². The molecule has 5 nitrogen and oxygen atoms in total. The highest BCUT2D eigenvalue weighted by molar-refractivity contribution is 6.10. The van der Waals surface area contributed by atoms with Gasteiger partial charge in [0.05, 0.1) is 0 Å². The molecule has 2 N–H and O–H groups in total. The average Bonchev–Trinajstić information content (AvgIpc) is 2.67. The number of phenols is 2. The van der Waals surface area contributed by atoms with Crippen molar-refractivity contribution in [3.63, 3.8) is 0 Å². The minimum atomic E-state index is -0.633. The van der Waals surface area contributed by atoms with Crippen LogP contribution in [0.2, 0.25) is 0 Å². The molecule has 5 heteroatoms. The summed E-state index contributed by atoms with van der Waals surface area (Å²) in [6.45, 7) is 5.87. The molecule has 1 heterocycles. The van der Waals surface area contributed by atoms with Crippen LogP contribution >= 0.6 is 0 Å². The van der Waals surface area contributed by atoms with Gasteiger partial charge in [-0.15, -0.1) is 0 Å². The lowest BCUT2D eigenvalue weighted by Gasteiger charge is -2.10. The number of ketones is 1. The number of carbonyl (C=O) groups excluding carboxylic acids is 1. The van der Waals surface area contributed by atoms with Gasteiger partial charge in [0, 0.05) is 17.7 Å². The molecule has 0 saturated heterocycles. The molecule has 30 heavy (non-hydrogen) atoms. The third-order valence-electron chi connectivity index (χ3n) is 4.71. The summed E-state index contributed by atoms with van der Waals surface area (Å²) < 4.78 is 5.86. The fourth-order valence-electron chi connectivity index (χ4n) is 3.26. The van der Waals surface area contributed by atoms with Crippen LogP contribution in [0.25, 0.3) is 22.3 Å². The molecule has 0 radical (unpaired) electrons. The second kappa shape index (κ2) is 8.82. The Bertz CT molecular complexity index is 1210. The molecule has 0 spiro atoms. The van der Waals surface area contributed by atoms with Gasteiger partial charge in [0.25, 0.3) is 0 Å². The van der Waals surface area contributed by atoms with E-state index in [1.165, 1.54) is 17.7 Å². The van der Waals surface area contributed by atoms with Gasteiger partial charge in [-0.25, -0.2) is 0 Å². The van der Waals surface area contributed by atoms with Gasteiger partial charge < -0.3 is 14.6 Å². The van der Waals surface area contributed by atoms with Crippen LogP contribution in [0, 0.1) is 0 Å². The van der Waals surface area contributed by atoms with Gasteiger partial charge >= 0.3 is 0 Å². The van der Waals surface area contributed by atoms with Crippen molar-refractivity contribution in [3.05, 3.63) is 81.5 Å².